The second-order valence-corrected chi connectivity index (χ2v) is 21.1. The molecule has 4 aliphatic rings. The number of thioether (sulfide) groups is 1. The Morgan fingerprint density at radius 3 is 1.91 bits per heavy atom. The van der Waals surface area contributed by atoms with E-state index in [0.717, 1.165) is 26.3 Å². The maximum absolute atomic E-state index is 13.8. The molecule has 6 heterocycles. The highest BCUT2D eigenvalue weighted by Crippen LogP contribution is 2.46. The third-order valence-electron chi connectivity index (χ3n) is 14.0. The highest BCUT2D eigenvalue weighted by atomic mass is 32.2. The lowest BCUT2D eigenvalue weighted by molar-refractivity contribution is -0.172. The Labute approximate surface area is 481 Å². The quantitative estimate of drug-likeness (QED) is 0.0243. The smallest absolute Gasteiger partial charge is 0.343 e. The first-order valence-electron chi connectivity index (χ1n) is 28.5. The SMILES string of the molecule is [3H]C1CC(=O)N(CCC(=O)NCCOCCOCCOCCOCCOCCOCCOCCOCCC(=O)N[C@H](C(=O)N[C@@H](C)C(=O)Nc2ccc3nc4c(c5c3c2SCC5)Cn2c-4cc3c(c2=O)COC(=O)[C@]3(O)CC)C(C)C)C1=O. The first-order chi connectivity index (χ1) is 40.0. The molecule has 3 aromatic rings. The highest BCUT2D eigenvalue weighted by molar-refractivity contribution is 7.99. The molecular weight excluding hydrogens is 1090 g/mol. The molecule has 0 radical (unpaired) electrons. The highest BCUT2D eigenvalue weighted by Gasteiger charge is 2.46. The zero-order valence-corrected chi connectivity index (χ0v) is 47.9. The molecule has 26 heteroatoms. The number of anilines is 1. The third kappa shape index (κ3) is 16.9. The van der Waals surface area contributed by atoms with Crippen LogP contribution in [0.15, 0.2) is 27.9 Å². The van der Waals surface area contributed by atoms with Gasteiger partial charge in [-0.1, -0.05) is 20.8 Å². The van der Waals surface area contributed by atoms with Gasteiger partial charge in [0.2, 0.25) is 35.4 Å². The molecule has 2 aromatic heterocycles. The molecule has 7 rings (SSSR count). The Balaban J connectivity index is 0.672. The van der Waals surface area contributed by atoms with Crippen LogP contribution < -0.4 is 26.8 Å². The van der Waals surface area contributed by atoms with Crippen molar-refractivity contribution in [3.05, 3.63) is 50.8 Å². The van der Waals surface area contributed by atoms with Crippen molar-refractivity contribution < 1.29 is 82.7 Å². The predicted octanol–water partition coefficient (Wildman–Crippen LogP) is 1.49. The number of nitrogens with one attached hydrogen (secondary N) is 4. The Morgan fingerprint density at radius 2 is 1.34 bits per heavy atom. The topological polar surface area (TPSA) is 309 Å². The van der Waals surface area contributed by atoms with E-state index >= 15 is 0 Å². The number of amides is 6. The number of aryl methyl sites for hydroxylation is 1. The third-order valence-corrected chi connectivity index (χ3v) is 15.1. The Morgan fingerprint density at radius 1 is 0.744 bits per heavy atom. The summed E-state index contributed by atoms with van der Waals surface area (Å²) in [6.45, 7) is 12.7. The van der Waals surface area contributed by atoms with Crippen molar-refractivity contribution >= 4 is 69.8 Å². The van der Waals surface area contributed by atoms with Crippen molar-refractivity contribution in [1.82, 2.24) is 30.4 Å². The van der Waals surface area contributed by atoms with Gasteiger partial charge in [-0.3, -0.25) is 38.5 Å². The minimum absolute atomic E-state index is 0.0117. The number of cyclic esters (lactones) is 1. The number of carbonyl (C=O) groups is 7. The van der Waals surface area contributed by atoms with Crippen molar-refractivity contribution in [3.63, 3.8) is 0 Å². The van der Waals surface area contributed by atoms with Crippen LogP contribution in [-0.4, -0.2) is 198 Å². The number of pyridine rings is 2. The summed E-state index contributed by atoms with van der Waals surface area (Å²) in [6, 6.07) is 3.40. The van der Waals surface area contributed by atoms with E-state index in [2.05, 4.69) is 21.3 Å². The largest absolute Gasteiger partial charge is 0.458 e. The fraction of sp³-hybridized carbons (Fsp3) is 0.625. The van der Waals surface area contributed by atoms with E-state index in [4.69, 9.17) is 49.0 Å². The molecule has 6 amide bonds. The van der Waals surface area contributed by atoms with Crippen LogP contribution in [0.2, 0.25) is 0 Å². The molecule has 5 N–H and O–H groups in total. The lowest BCUT2D eigenvalue weighted by atomic mass is 9.86. The monoisotopic (exact) mass is 1170 g/mol. The normalized spacial score (nSPS) is 18.0. The predicted molar refractivity (Wildman–Crippen MR) is 297 cm³/mol. The maximum Gasteiger partial charge on any atom is 0.343 e. The molecule has 0 bridgehead atoms. The number of benzene rings is 1. The fourth-order valence-corrected chi connectivity index (χ4v) is 10.7. The van der Waals surface area contributed by atoms with Crippen LogP contribution in [0.3, 0.4) is 0 Å². The molecule has 0 spiro atoms. The van der Waals surface area contributed by atoms with Gasteiger partial charge < -0.3 is 73.6 Å². The lowest BCUT2D eigenvalue weighted by Gasteiger charge is -2.31. The van der Waals surface area contributed by atoms with Gasteiger partial charge in [0.25, 0.3) is 5.56 Å². The van der Waals surface area contributed by atoms with E-state index in [1.807, 2.05) is 0 Å². The molecule has 1 fully saturated rings. The summed E-state index contributed by atoms with van der Waals surface area (Å²) in [5, 5.41) is 23.3. The standard InChI is InChI=1S/C56H77N7O18S/c1-5-56(72)40-32-43-50-38(33-63(43)54(70)39(40)34-81-55(56)71)37-12-31-82-51-42(7-6-41(59-50)48(37)51)60-52(68)36(4)58-53(69)49(35(2)3)61-45(65)11-15-73-17-19-75-21-23-77-25-27-79-29-30-80-28-26-78-24-22-76-20-18-74-16-13-57-44(64)10-14-62-46(66)8-9-47(62)67/h6-7,32,35-36,49,72H,5,8-31,33-34H2,1-4H3,(H,57,64)(H,58,69)(H,60,68)(H,61,65)/t36-,49-,56-/m0/s1/i8T/t8?,36-,49-,56-. The molecule has 4 aliphatic heterocycles. The van der Waals surface area contributed by atoms with Gasteiger partial charge in [-0.05, 0) is 49.4 Å². The summed E-state index contributed by atoms with van der Waals surface area (Å²) >= 11 is 1.58. The summed E-state index contributed by atoms with van der Waals surface area (Å²) in [5.41, 5.74) is 2.46. The van der Waals surface area contributed by atoms with Crippen LogP contribution in [0.1, 0.15) is 83.4 Å². The molecule has 0 saturated carbocycles. The Kier molecular flexibility index (Phi) is 24.0. The van der Waals surface area contributed by atoms with Crippen LogP contribution in [0.5, 0.6) is 0 Å². The van der Waals surface area contributed by atoms with Gasteiger partial charge in [0, 0.05) is 67.3 Å². The van der Waals surface area contributed by atoms with Crippen LogP contribution in [0.4, 0.5) is 5.69 Å². The summed E-state index contributed by atoms with van der Waals surface area (Å²) in [5.74, 6) is -3.01. The van der Waals surface area contributed by atoms with Crippen molar-refractivity contribution in [3.8, 4) is 11.4 Å². The van der Waals surface area contributed by atoms with E-state index in [-0.39, 0.29) is 106 Å². The first-order valence-corrected chi connectivity index (χ1v) is 28.9. The Bertz CT molecular complexity index is 2860. The average molecular weight is 1170 g/mol. The number of aromatic nitrogens is 2. The number of nitrogens with zero attached hydrogens (tertiary/aromatic N) is 3. The number of aliphatic hydroxyl groups is 1. The molecule has 1 unspecified atom stereocenters. The van der Waals surface area contributed by atoms with Crippen LogP contribution in [0, 0.1) is 5.92 Å². The summed E-state index contributed by atoms with van der Waals surface area (Å²) in [6.07, 6.45) is -0.485. The zero-order chi connectivity index (χ0) is 59.5. The molecule has 1 aromatic carbocycles. The van der Waals surface area contributed by atoms with Crippen molar-refractivity contribution in [2.24, 2.45) is 5.92 Å². The number of imide groups is 1. The zero-order valence-electron chi connectivity index (χ0n) is 48.1. The molecule has 450 valence electrons. The van der Waals surface area contributed by atoms with Gasteiger partial charge in [0.15, 0.2) is 5.60 Å². The molecule has 25 nitrogen and oxygen atoms in total. The first kappa shape index (κ1) is 62.1. The second kappa shape index (κ2) is 31.6. The fourth-order valence-electron chi connectivity index (χ4n) is 9.53. The van der Waals surface area contributed by atoms with Gasteiger partial charge in [0.1, 0.15) is 18.7 Å². The minimum atomic E-state index is -1.93. The van der Waals surface area contributed by atoms with Crippen LogP contribution in [0.25, 0.3) is 22.3 Å². The molecule has 0 aliphatic carbocycles. The van der Waals surface area contributed by atoms with Gasteiger partial charge >= 0.3 is 5.97 Å². The minimum Gasteiger partial charge on any atom is -0.458 e. The molecule has 4 atom stereocenters. The second-order valence-electron chi connectivity index (χ2n) is 20.0. The number of hydrogen-bond acceptors (Lipinski definition) is 20. The van der Waals surface area contributed by atoms with Gasteiger partial charge in [-0.2, -0.15) is 0 Å². The van der Waals surface area contributed by atoms with Crippen LogP contribution in [-0.2, 0) is 101 Å². The number of rotatable bonds is 37. The van der Waals surface area contributed by atoms with E-state index in [0.29, 0.717) is 121 Å². The molecular formula is C56H77N7O18S. The van der Waals surface area contributed by atoms with E-state index in [1.165, 1.54) is 0 Å². The summed E-state index contributed by atoms with van der Waals surface area (Å²) in [7, 11) is 0. The average Bonchev–Trinajstić information content (AvgIpc) is 2.01. The lowest BCUT2D eigenvalue weighted by Crippen LogP contribution is -2.53. The van der Waals surface area contributed by atoms with Crippen molar-refractivity contribution in [1.29, 1.82) is 0 Å². The number of hydrogen-bond donors (Lipinski definition) is 5. The number of ether oxygens (including phenoxy) is 9. The van der Waals surface area contributed by atoms with Gasteiger partial charge in [0.05, 0.1) is 140 Å². The number of likely N-dealkylation sites (tertiary alicyclic amines) is 1. The van der Waals surface area contributed by atoms with Gasteiger partial charge in [-0.25, -0.2) is 9.78 Å². The van der Waals surface area contributed by atoms with Crippen molar-refractivity contribution in [2.75, 3.05) is 130 Å². The summed E-state index contributed by atoms with van der Waals surface area (Å²) in [4.78, 5) is 109. The van der Waals surface area contributed by atoms with Crippen LogP contribution >= 0.6 is 11.8 Å². The molecule has 82 heavy (non-hydrogen) atoms. The number of esters is 1. The van der Waals surface area contributed by atoms with E-state index < -0.39 is 53.7 Å². The van der Waals surface area contributed by atoms with E-state index in [1.54, 1.807) is 62.2 Å². The number of fused-ring (bicyclic) bond motifs is 5. The molecule has 1 saturated heterocycles. The number of carbonyl (C=O) groups excluding carboxylic acids is 7. The van der Waals surface area contributed by atoms with Gasteiger partial charge in [-0.15, -0.1) is 11.8 Å². The van der Waals surface area contributed by atoms with Crippen molar-refractivity contribution in [2.45, 2.75) is 102 Å². The summed E-state index contributed by atoms with van der Waals surface area (Å²) < 4.78 is 58.3. The van der Waals surface area contributed by atoms with E-state index in [9.17, 15) is 43.5 Å². The Hall–Kier alpha value is -5.94. The maximum atomic E-state index is 13.8.